The molecule has 0 saturated heterocycles. The number of imidazole rings is 1. The van der Waals surface area contributed by atoms with Gasteiger partial charge in [-0.25, -0.2) is 4.98 Å². The molecule has 3 nitrogen and oxygen atoms in total. The minimum atomic E-state index is 0.506. The number of rotatable bonds is 2. The Labute approximate surface area is 109 Å². The van der Waals surface area contributed by atoms with Crippen LogP contribution in [-0.4, -0.2) is 9.55 Å². The van der Waals surface area contributed by atoms with E-state index in [9.17, 15) is 0 Å². The zero-order valence-electron chi connectivity index (χ0n) is 9.45. The van der Waals surface area contributed by atoms with Crippen molar-refractivity contribution in [1.29, 1.82) is 0 Å². The molecule has 2 aromatic heterocycles. The summed E-state index contributed by atoms with van der Waals surface area (Å²) in [5, 5.41) is 0. The molecule has 3 rings (SSSR count). The number of nitrogens with two attached hydrogens (primary N) is 1. The molecule has 5 heteroatoms. The van der Waals surface area contributed by atoms with Gasteiger partial charge in [-0.3, -0.25) is 0 Å². The van der Waals surface area contributed by atoms with Crippen LogP contribution < -0.4 is 5.73 Å². The van der Waals surface area contributed by atoms with Crippen molar-refractivity contribution in [3.8, 4) is 10.6 Å². The first-order valence-corrected chi connectivity index (χ1v) is 7.03. The van der Waals surface area contributed by atoms with Crippen LogP contribution in [0.15, 0.2) is 12.1 Å². The van der Waals surface area contributed by atoms with Crippen molar-refractivity contribution in [3.63, 3.8) is 0 Å². The quantitative estimate of drug-likeness (QED) is 0.909. The molecular weight excluding hydrogens is 254 g/mol. The standard InChI is InChI=1S/C12H14ClN3S/c13-10-5-4-9(17-10)12-8-3-1-2-6-16(8)11(7-14)15-12/h4-5H,1-3,6-7,14H2. The lowest BCUT2D eigenvalue weighted by Gasteiger charge is -2.16. The molecule has 0 fully saturated rings. The first-order chi connectivity index (χ1) is 8.29. The summed E-state index contributed by atoms with van der Waals surface area (Å²) >= 11 is 7.58. The molecule has 2 aromatic rings. The smallest absolute Gasteiger partial charge is 0.123 e. The molecule has 0 aliphatic carbocycles. The number of thiophene rings is 1. The third-order valence-corrected chi connectivity index (χ3v) is 4.42. The van der Waals surface area contributed by atoms with Gasteiger partial charge in [0, 0.05) is 12.2 Å². The van der Waals surface area contributed by atoms with Gasteiger partial charge in [0.1, 0.15) is 11.5 Å². The maximum Gasteiger partial charge on any atom is 0.123 e. The van der Waals surface area contributed by atoms with Crippen LogP contribution in [0.25, 0.3) is 10.6 Å². The van der Waals surface area contributed by atoms with Crippen LogP contribution >= 0.6 is 22.9 Å². The molecule has 90 valence electrons. The maximum atomic E-state index is 5.99. The first-order valence-electron chi connectivity index (χ1n) is 5.83. The zero-order valence-corrected chi connectivity index (χ0v) is 11.0. The molecule has 0 aromatic carbocycles. The number of hydrogen-bond acceptors (Lipinski definition) is 3. The predicted octanol–water partition coefficient (Wildman–Crippen LogP) is 3.06. The lowest BCUT2D eigenvalue weighted by Crippen LogP contribution is -2.15. The Balaban J connectivity index is 2.13. The zero-order chi connectivity index (χ0) is 11.8. The van der Waals surface area contributed by atoms with E-state index in [0.29, 0.717) is 6.54 Å². The van der Waals surface area contributed by atoms with Crippen LogP contribution in [-0.2, 0) is 19.5 Å². The van der Waals surface area contributed by atoms with E-state index in [1.54, 1.807) is 11.3 Å². The number of hydrogen-bond donors (Lipinski definition) is 1. The molecule has 0 atom stereocenters. The van der Waals surface area contributed by atoms with Crippen molar-refractivity contribution in [1.82, 2.24) is 9.55 Å². The monoisotopic (exact) mass is 267 g/mol. The summed E-state index contributed by atoms with van der Waals surface area (Å²) in [4.78, 5) is 5.84. The molecule has 0 saturated carbocycles. The van der Waals surface area contributed by atoms with E-state index < -0.39 is 0 Å². The third-order valence-electron chi connectivity index (χ3n) is 3.19. The maximum absolute atomic E-state index is 5.99. The lowest BCUT2D eigenvalue weighted by molar-refractivity contribution is 0.515. The van der Waals surface area contributed by atoms with Gasteiger partial charge in [0.25, 0.3) is 0 Å². The van der Waals surface area contributed by atoms with Crippen molar-refractivity contribution < 1.29 is 0 Å². The number of aromatic nitrogens is 2. The molecule has 0 radical (unpaired) electrons. The lowest BCUT2D eigenvalue weighted by atomic mass is 10.1. The van der Waals surface area contributed by atoms with Crippen LogP contribution in [0.2, 0.25) is 4.34 Å². The van der Waals surface area contributed by atoms with E-state index in [4.69, 9.17) is 17.3 Å². The molecule has 1 aliphatic heterocycles. The van der Waals surface area contributed by atoms with Gasteiger partial charge in [-0.2, -0.15) is 0 Å². The van der Waals surface area contributed by atoms with Gasteiger partial charge in [0.05, 0.1) is 15.8 Å². The number of halogens is 1. The molecule has 1 aliphatic rings. The fraction of sp³-hybridized carbons (Fsp3) is 0.417. The fourth-order valence-electron chi connectivity index (χ4n) is 2.41. The largest absolute Gasteiger partial charge is 0.330 e. The van der Waals surface area contributed by atoms with Crippen molar-refractivity contribution in [2.45, 2.75) is 32.4 Å². The highest BCUT2D eigenvalue weighted by atomic mass is 35.5. The molecule has 2 N–H and O–H groups in total. The van der Waals surface area contributed by atoms with Crippen LogP contribution in [0.5, 0.6) is 0 Å². The molecule has 17 heavy (non-hydrogen) atoms. The van der Waals surface area contributed by atoms with Crippen LogP contribution in [0.4, 0.5) is 0 Å². The molecule has 3 heterocycles. The average Bonchev–Trinajstić information content (AvgIpc) is 2.92. The summed E-state index contributed by atoms with van der Waals surface area (Å²) < 4.78 is 3.10. The highest BCUT2D eigenvalue weighted by Crippen LogP contribution is 2.34. The molecular formula is C12H14ClN3S. The van der Waals surface area contributed by atoms with Gasteiger partial charge < -0.3 is 10.3 Å². The molecule has 0 unspecified atom stereocenters. The van der Waals surface area contributed by atoms with Crippen molar-refractivity contribution in [2.24, 2.45) is 5.73 Å². The molecule has 0 bridgehead atoms. The van der Waals surface area contributed by atoms with E-state index in [1.165, 1.54) is 18.5 Å². The van der Waals surface area contributed by atoms with Crippen LogP contribution in [0.3, 0.4) is 0 Å². The van der Waals surface area contributed by atoms with Crippen molar-refractivity contribution in [3.05, 3.63) is 28.0 Å². The topological polar surface area (TPSA) is 43.8 Å². The van der Waals surface area contributed by atoms with Crippen molar-refractivity contribution >= 4 is 22.9 Å². The summed E-state index contributed by atoms with van der Waals surface area (Å²) in [5.74, 6) is 0.999. The second kappa shape index (κ2) is 4.44. The summed E-state index contributed by atoms with van der Waals surface area (Å²) in [6.07, 6.45) is 3.56. The highest BCUT2D eigenvalue weighted by Gasteiger charge is 2.20. The molecule has 0 amide bonds. The Morgan fingerprint density at radius 1 is 1.41 bits per heavy atom. The Kier molecular flexibility index (Phi) is 2.94. The van der Waals surface area contributed by atoms with Gasteiger partial charge in [0.2, 0.25) is 0 Å². The summed E-state index contributed by atoms with van der Waals surface area (Å²) in [7, 11) is 0. The van der Waals surface area contributed by atoms with E-state index >= 15 is 0 Å². The Morgan fingerprint density at radius 2 is 2.29 bits per heavy atom. The van der Waals surface area contributed by atoms with Gasteiger partial charge in [-0.15, -0.1) is 11.3 Å². The van der Waals surface area contributed by atoms with Crippen molar-refractivity contribution in [2.75, 3.05) is 0 Å². The summed E-state index contributed by atoms with van der Waals surface area (Å²) in [6, 6.07) is 3.98. The second-order valence-electron chi connectivity index (χ2n) is 4.24. The Hall–Kier alpha value is -0.840. The van der Waals surface area contributed by atoms with E-state index in [-0.39, 0.29) is 0 Å². The Morgan fingerprint density at radius 3 is 3.00 bits per heavy atom. The second-order valence-corrected chi connectivity index (χ2v) is 5.96. The van der Waals surface area contributed by atoms with E-state index in [0.717, 1.165) is 33.7 Å². The third kappa shape index (κ3) is 1.90. The SMILES string of the molecule is NCc1nc(-c2ccc(Cl)s2)c2n1CCCC2. The first kappa shape index (κ1) is 11.3. The van der Waals surface area contributed by atoms with E-state index in [1.807, 2.05) is 12.1 Å². The minimum Gasteiger partial charge on any atom is -0.330 e. The minimum absolute atomic E-state index is 0.506. The van der Waals surface area contributed by atoms with Gasteiger partial charge >= 0.3 is 0 Å². The van der Waals surface area contributed by atoms with E-state index in [2.05, 4.69) is 9.55 Å². The average molecular weight is 268 g/mol. The molecule has 0 spiro atoms. The van der Waals surface area contributed by atoms with Crippen LogP contribution in [0.1, 0.15) is 24.4 Å². The number of fused-ring (bicyclic) bond motifs is 1. The highest BCUT2D eigenvalue weighted by molar-refractivity contribution is 7.19. The van der Waals surface area contributed by atoms with Gasteiger partial charge in [-0.05, 0) is 31.4 Å². The summed E-state index contributed by atoms with van der Waals surface area (Å²) in [6.45, 7) is 1.56. The summed E-state index contributed by atoms with van der Waals surface area (Å²) in [5.41, 5.74) is 8.18. The number of nitrogens with zero attached hydrogens (tertiary/aromatic N) is 2. The van der Waals surface area contributed by atoms with Gasteiger partial charge in [-0.1, -0.05) is 11.6 Å². The van der Waals surface area contributed by atoms with Crippen LogP contribution in [0, 0.1) is 0 Å². The Bertz CT molecular complexity index is 544. The van der Waals surface area contributed by atoms with Gasteiger partial charge in [0.15, 0.2) is 0 Å². The predicted molar refractivity (Wildman–Crippen MR) is 71.4 cm³/mol. The fourth-order valence-corrected chi connectivity index (χ4v) is 3.47. The normalized spacial score (nSPS) is 14.9.